The lowest BCUT2D eigenvalue weighted by atomic mass is 10.3. The number of hydrogen-bond donors (Lipinski definition) is 2. The number of sulfone groups is 1. The Hall–Kier alpha value is -0.760. The average molecular weight is 235 g/mol. The van der Waals surface area contributed by atoms with Crippen LogP contribution in [0.15, 0.2) is 4.99 Å². The van der Waals surface area contributed by atoms with Crippen molar-refractivity contribution in [3.63, 3.8) is 0 Å². The molecule has 0 aromatic rings. The highest BCUT2D eigenvalue weighted by Gasteiger charge is 2.42. The third kappa shape index (κ3) is 1.85. The molecular formula is C6H9N3O3S2. The van der Waals surface area contributed by atoms with Crippen LogP contribution in [-0.4, -0.2) is 42.8 Å². The highest BCUT2D eigenvalue weighted by Crippen LogP contribution is 2.32. The van der Waals surface area contributed by atoms with Gasteiger partial charge in [-0.2, -0.15) is 0 Å². The highest BCUT2D eigenvalue weighted by molar-refractivity contribution is 8.15. The SMILES string of the molecule is O=CNNC1=N[C@@H]2CS(=O)(=O)C[C@H]2S1. The van der Waals surface area contributed by atoms with Gasteiger partial charge in [-0.05, 0) is 0 Å². The lowest BCUT2D eigenvalue weighted by Gasteiger charge is -2.03. The van der Waals surface area contributed by atoms with Gasteiger partial charge in [-0.25, -0.2) is 8.42 Å². The molecule has 0 saturated carbocycles. The number of carbonyl (C=O) groups is 1. The number of rotatable bonds is 2. The summed E-state index contributed by atoms with van der Waals surface area (Å²) in [5.74, 6) is 0.301. The van der Waals surface area contributed by atoms with Crippen LogP contribution >= 0.6 is 11.8 Å². The van der Waals surface area contributed by atoms with Crippen molar-refractivity contribution in [2.45, 2.75) is 11.3 Å². The second-order valence-corrected chi connectivity index (χ2v) is 6.50. The van der Waals surface area contributed by atoms with Crippen LogP contribution in [0.1, 0.15) is 0 Å². The van der Waals surface area contributed by atoms with Crippen molar-refractivity contribution < 1.29 is 13.2 Å². The molecule has 0 unspecified atom stereocenters. The molecule has 2 aliphatic heterocycles. The number of amidine groups is 1. The molecule has 6 nitrogen and oxygen atoms in total. The number of fused-ring (bicyclic) bond motifs is 1. The van der Waals surface area contributed by atoms with Gasteiger partial charge in [-0.1, -0.05) is 11.8 Å². The van der Waals surface area contributed by atoms with Crippen molar-refractivity contribution in [3.8, 4) is 0 Å². The van der Waals surface area contributed by atoms with E-state index in [1.54, 1.807) is 0 Å². The molecule has 0 spiro atoms. The molecule has 2 heterocycles. The van der Waals surface area contributed by atoms with Crippen molar-refractivity contribution in [2.24, 2.45) is 4.99 Å². The molecule has 0 radical (unpaired) electrons. The topological polar surface area (TPSA) is 87.6 Å². The monoisotopic (exact) mass is 235 g/mol. The lowest BCUT2D eigenvalue weighted by molar-refractivity contribution is -0.110. The molecule has 0 aromatic heterocycles. The maximum absolute atomic E-state index is 11.2. The van der Waals surface area contributed by atoms with E-state index in [-0.39, 0.29) is 22.8 Å². The van der Waals surface area contributed by atoms with Crippen LogP contribution in [0.3, 0.4) is 0 Å². The zero-order valence-electron chi connectivity index (χ0n) is 7.13. The summed E-state index contributed by atoms with van der Waals surface area (Å²) in [6, 6.07) is -0.152. The molecule has 0 aromatic carbocycles. The highest BCUT2D eigenvalue weighted by atomic mass is 32.2. The minimum Gasteiger partial charge on any atom is -0.277 e. The molecule has 2 atom stereocenters. The Kier molecular flexibility index (Phi) is 2.40. The van der Waals surface area contributed by atoms with E-state index in [9.17, 15) is 13.2 Å². The smallest absolute Gasteiger partial charge is 0.225 e. The molecular weight excluding hydrogens is 226 g/mol. The summed E-state index contributed by atoms with van der Waals surface area (Å²) in [6.45, 7) is 0. The fraction of sp³-hybridized carbons (Fsp3) is 0.667. The summed E-state index contributed by atoms with van der Waals surface area (Å²) < 4.78 is 22.4. The maximum Gasteiger partial charge on any atom is 0.225 e. The molecule has 78 valence electrons. The van der Waals surface area contributed by atoms with Crippen LogP contribution in [0.25, 0.3) is 0 Å². The number of carbonyl (C=O) groups excluding carboxylic acids is 1. The summed E-state index contributed by atoms with van der Waals surface area (Å²) >= 11 is 1.36. The average Bonchev–Trinajstić information content (AvgIpc) is 2.53. The fourth-order valence-corrected chi connectivity index (χ4v) is 5.12. The van der Waals surface area contributed by atoms with Gasteiger partial charge in [0.15, 0.2) is 15.0 Å². The van der Waals surface area contributed by atoms with E-state index in [0.717, 1.165) is 0 Å². The van der Waals surface area contributed by atoms with Gasteiger partial charge in [-0.3, -0.25) is 20.6 Å². The van der Waals surface area contributed by atoms with Gasteiger partial charge in [0.25, 0.3) is 0 Å². The second kappa shape index (κ2) is 3.43. The first kappa shape index (κ1) is 9.78. The molecule has 14 heavy (non-hydrogen) atoms. The van der Waals surface area contributed by atoms with Gasteiger partial charge in [0.05, 0.1) is 17.5 Å². The Morgan fingerprint density at radius 3 is 2.93 bits per heavy atom. The normalized spacial score (nSPS) is 33.3. The first-order chi connectivity index (χ1) is 6.61. The predicted molar refractivity (Wildman–Crippen MR) is 53.6 cm³/mol. The first-order valence-electron chi connectivity index (χ1n) is 4.01. The van der Waals surface area contributed by atoms with Crippen LogP contribution in [0.4, 0.5) is 0 Å². The Balaban J connectivity index is 2.01. The number of nitrogens with one attached hydrogen (secondary N) is 2. The molecule has 0 bridgehead atoms. The molecule has 2 rings (SSSR count). The Bertz CT molecular complexity index is 378. The number of aliphatic imine (C=N–C) groups is 1. The fourth-order valence-electron chi connectivity index (χ4n) is 1.51. The maximum atomic E-state index is 11.2. The summed E-state index contributed by atoms with van der Waals surface area (Å²) in [4.78, 5) is 14.1. The van der Waals surface area contributed by atoms with Crippen LogP contribution in [-0.2, 0) is 14.6 Å². The van der Waals surface area contributed by atoms with E-state index in [2.05, 4.69) is 15.8 Å². The third-order valence-corrected chi connectivity index (χ3v) is 5.20. The Morgan fingerprint density at radius 2 is 2.29 bits per heavy atom. The van der Waals surface area contributed by atoms with E-state index in [0.29, 0.717) is 11.6 Å². The van der Waals surface area contributed by atoms with Crippen molar-refractivity contribution in [2.75, 3.05) is 11.5 Å². The second-order valence-electron chi connectivity index (χ2n) is 3.12. The number of thioether (sulfide) groups is 1. The van der Waals surface area contributed by atoms with Crippen LogP contribution < -0.4 is 10.9 Å². The number of amides is 1. The Labute approximate surface area is 85.4 Å². The van der Waals surface area contributed by atoms with Gasteiger partial charge >= 0.3 is 0 Å². The minimum atomic E-state index is -2.90. The zero-order valence-corrected chi connectivity index (χ0v) is 8.77. The summed E-state index contributed by atoms with van der Waals surface area (Å²) in [7, 11) is -2.90. The van der Waals surface area contributed by atoms with Crippen LogP contribution in [0, 0.1) is 0 Å². The van der Waals surface area contributed by atoms with E-state index in [1.165, 1.54) is 11.8 Å². The number of hydrazine groups is 1. The summed E-state index contributed by atoms with van der Waals surface area (Å²) in [6.07, 6.45) is 0.508. The van der Waals surface area contributed by atoms with Crippen molar-refractivity contribution >= 4 is 33.2 Å². The first-order valence-corrected chi connectivity index (χ1v) is 6.71. The van der Waals surface area contributed by atoms with Crippen LogP contribution in [0.5, 0.6) is 0 Å². The van der Waals surface area contributed by atoms with Gasteiger partial charge < -0.3 is 0 Å². The number of nitrogens with zero attached hydrogens (tertiary/aromatic N) is 1. The van der Waals surface area contributed by atoms with Crippen molar-refractivity contribution in [3.05, 3.63) is 0 Å². The quantitative estimate of drug-likeness (QED) is 0.449. The molecule has 1 amide bonds. The molecule has 8 heteroatoms. The van der Waals surface area contributed by atoms with Gasteiger partial charge in [-0.15, -0.1) is 0 Å². The van der Waals surface area contributed by atoms with E-state index >= 15 is 0 Å². The zero-order chi connectivity index (χ0) is 10.2. The van der Waals surface area contributed by atoms with Crippen molar-refractivity contribution in [1.82, 2.24) is 10.9 Å². The van der Waals surface area contributed by atoms with Gasteiger partial charge in [0.2, 0.25) is 6.41 Å². The van der Waals surface area contributed by atoms with Gasteiger partial charge in [0, 0.05) is 5.25 Å². The molecule has 0 aliphatic carbocycles. The molecule has 1 fully saturated rings. The molecule has 2 aliphatic rings. The van der Waals surface area contributed by atoms with E-state index < -0.39 is 9.84 Å². The lowest BCUT2D eigenvalue weighted by Crippen LogP contribution is -2.34. The molecule has 2 N–H and O–H groups in total. The molecule has 1 saturated heterocycles. The third-order valence-electron chi connectivity index (χ3n) is 2.06. The largest absolute Gasteiger partial charge is 0.277 e. The standard InChI is InChI=1S/C6H9N3O3S2/c10-3-7-9-6-8-4-1-14(11,12)2-5(4)13-6/h3-5H,1-2H2,(H,7,10)(H,8,9)/t4-,5-/m1/s1. The predicted octanol–water partition coefficient (Wildman–Crippen LogP) is -1.49. The van der Waals surface area contributed by atoms with Crippen molar-refractivity contribution in [1.29, 1.82) is 0 Å². The summed E-state index contributed by atoms with van der Waals surface area (Å²) in [5.41, 5.74) is 4.86. The van der Waals surface area contributed by atoms with E-state index in [4.69, 9.17) is 0 Å². The summed E-state index contributed by atoms with van der Waals surface area (Å²) in [5, 5.41) is 0.595. The van der Waals surface area contributed by atoms with E-state index in [1.807, 2.05) is 0 Å². The Morgan fingerprint density at radius 1 is 1.50 bits per heavy atom. The number of hydrogen-bond acceptors (Lipinski definition) is 6. The van der Waals surface area contributed by atoms with Crippen LogP contribution in [0.2, 0.25) is 0 Å². The van der Waals surface area contributed by atoms with Gasteiger partial charge in [0.1, 0.15) is 0 Å². The minimum absolute atomic E-state index is 0.0101.